The van der Waals surface area contributed by atoms with Crippen LogP contribution in [0, 0.1) is 0 Å². The van der Waals surface area contributed by atoms with Gasteiger partial charge in [0.15, 0.2) is 6.61 Å². The molecule has 0 spiro atoms. The highest BCUT2D eigenvalue weighted by atomic mass is 32.2. The second-order valence-electron chi connectivity index (χ2n) is 7.55. The van der Waals surface area contributed by atoms with Crippen molar-refractivity contribution >= 4 is 22.8 Å². The molecule has 0 bridgehead atoms. The predicted octanol–water partition coefficient (Wildman–Crippen LogP) is 5.01. The normalized spacial score (nSPS) is 20.9. The zero-order chi connectivity index (χ0) is 18.2. The summed E-state index contributed by atoms with van der Waals surface area (Å²) in [5.41, 5.74) is -0.531. The van der Waals surface area contributed by atoms with E-state index in [-0.39, 0.29) is 16.5 Å². The highest BCUT2D eigenvalue weighted by molar-refractivity contribution is 8.15. The molecule has 0 aliphatic carbocycles. The standard InChI is InChI=1S/C19H32O4S/c1-6-7-8-9-10-11-12-19(5)15(13-17(21)24-19)22-14-16(20)23-18(2,3)4/h13H,6-12,14H2,1-5H3/t19-/m1/s1. The van der Waals surface area contributed by atoms with Crippen molar-refractivity contribution in [3.8, 4) is 0 Å². The van der Waals surface area contributed by atoms with Crippen molar-refractivity contribution in [1.29, 1.82) is 0 Å². The van der Waals surface area contributed by atoms with E-state index in [0.717, 1.165) is 12.8 Å². The van der Waals surface area contributed by atoms with Crippen molar-refractivity contribution in [3.05, 3.63) is 11.8 Å². The Hall–Kier alpha value is -0.970. The Bertz CT molecular complexity index is 464. The molecule has 1 aliphatic heterocycles. The first kappa shape index (κ1) is 21.1. The SMILES string of the molecule is CCCCCCCC[C@@]1(C)SC(=O)C=C1OCC(=O)OC(C)(C)C. The summed E-state index contributed by atoms with van der Waals surface area (Å²) in [5.74, 6) is 0.201. The average Bonchev–Trinajstić information content (AvgIpc) is 2.73. The molecule has 138 valence electrons. The maximum Gasteiger partial charge on any atom is 0.344 e. The van der Waals surface area contributed by atoms with E-state index in [4.69, 9.17) is 9.47 Å². The lowest BCUT2D eigenvalue weighted by Crippen LogP contribution is -2.28. The zero-order valence-corrected chi connectivity index (χ0v) is 16.6. The molecular formula is C19H32O4S. The first-order valence-electron chi connectivity index (χ1n) is 8.96. The van der Waals surface area contributed by atoms with E-state index < -0.39 is 11.6 Å². The Kier molecular flexibility index (Phi) is 8.34. The lowest BCUT2D eigenvalue weighted by atomic mass is 9.99. The summed E-state index contributed by atoms with van der Waals surface area (Å²) >= 11 is 1.30. The smallest absolute Gasteiger partial charge is 0.344 e. The second kappa shape index (κ2) is 9.50. The first-order chi connectivity index (χ1) is 11.2. The minimum absolute atomic E-state index is 0.00247. The lowest BCUT2D eigenvalue weighted by molar-refractivity contribution is -0.159. The monoisotopic (exact) mass is 356 g/mol. The number of hydrogen-bond donors (Lipinski definition) is 0. The van der Waals surface area contributed by atoms with Crippen molar-refractivity contribution in [1.82, 2.24) is 0 Å². The summed E-state index contributed by atoms with van der Waals surface area (Å²) in [6.07, 6.45) is 9.68. The topological polar surface area (TPSA) is 52.6 Å². The summed E-state index contributed by atoms with van der Waals surface area (Å²) in [4.78, 5) is 23.6. The number of carbonyl (C=O) groups excluding carboxylic acids is 2. The van der Waals surface area contributed by atoms with Crippen LogP contribution in [0.1, 0.15) is 79.6 Å². The summed E-state index contributed by atoms with van der Waals surface area (Å²) in [5, 5.41) is 0.00247. The van der Waals surface area contributed by atoms with Gasteiger partial charge < -0.3 is 9.47 Å². The number of esters is 1. The number of thioether (sulfide) groups is 1. The second-order valence-corrected chi connectivity index (χ2v) is 9.06. The van der Waals surface area contributed by atoms with Crippen LogP contribution in [0.25, 0.3) is 0 Å². The molecule has 1 atom stereocenters. The minimum Gasteiger partial charge on any atom is -0.485 e. The van der Waals surface area contributed by atoms with E-state index in [1.165, 1.54) is 49.9 Å². The van der Waals surface area contributed by atoms with Crippen LogP contribution in [-0.2, 0) is 19.1 Å². The van der Waals surface area contributed by atoms with Gasteiger partial charge in [0.05, 0.1) is 4.75 Å². The van der Waals surface area contributed by atoms with E-state index in [1.807, 2.05) is 27.7 Å². The summed E-state index contributed by atoms with van der Waals surface area (Å²) in [6, 6.07) is 0. The highest BCUT2D eigenvalue weighted by Crippen LogP contribution is 2.44. The van der Waals surface area contributed by atoms with Crippen molar-refractivity contribution in [2.75, 3.05) is 6.61 Å². The van der Waals surface area contributed by atoms with Crippen LogP contribution < -0.4 is 0 Å². The van der Waals surface area contributed by atoms with Crippen LogP contribution >= 0.6 is 11.8 Å². The Morgan fingerprint density at radius 2 is 1.79 bits per heavy atom. The summed E-state index contributed by atoms with van der Waals surface area (Å²) in [7, 11) is 0. The largest absolute Gasteiger partial charge is 0.485 e. The Morgan fingerprint density at radius 1 is 1.17 bits per heavy atom. The minimum atomic E-state index is -0.531. The molecule has 0 aromatic carbocycles. The van der Waals surface area contributed by atoms with Crippen LogP contribution in [-0.4, -0.2) is 28.0 Å². The third kappa shape index (κ3) is 7.73. The van der Waals surface area contributed by atoms with E-state index in [0.29, 0.717) is 5.76 Å². The molecular weight excluding hydrogens is 324 g/mol. The van der Waals surface area contributed by atoms with E-state index in [2.05, 4.69) is 6.92 Å². The van der Waals surface area contributed by atoms with E-state index >= 15 is 0 Å². The fourth-order valence-electron chi connectivity index (χ4n) is 2.68. The van der Waals surface area contributed by atoms with Crippen LogP contribution in [0.15, 0.2) is 11.8 Å². The number of rotatable bonds is 10. The maximum absolute atomic E-state index is 11.8. The van der Waals surface area contributed by atoms with Crippen molar-refractivity contribution in [2.45, 2.75) is 89.9 Å². The molecule has 1 heterocycles. The fraction of sp³-hybridized carbons (Fsp3) is 0.789. The number of carbonyl (C=O) groups is 2. The van der Waals surface area contributed by atoms with Crippen LogP contribution in [0.3, 0.4) is 0 Å². The average molecular weight is 357 g/mol. The van der Waals surface area contributed by atoms with Gasteiger partial charge in [-0.05, 0) is 34.1 Å². The quantitative estimate of drug-likeness (QED) is 0.407. The molecule has 5 heteroatoms. The van der Waals surface area contributed by atoms with Crippen LogP contribution in [0.4, 0.5) is 0 Å². The van der Waals surface area contributed by atoms with Gasteiger partial charge in [0.2, 0.25) is 5.12 Å². The predicted molar refractivity (Wildman–Crippen MR) is 98.9 cm³/mol. The molecule has 1 aliphatic rings. The Morgan fingerprint density at radius 3 is 2.42 bits per heavy atom. The summed E-state index contributed by atoms with van der Waals surface area (Å²) < 4.78 is 10.5. The first-order valence-corrected chi connectivity index (χ1v) is 9.78. The molecule has 0 amide bonds. The van der Waals surface area contributed by atoms with Gasteiger partial charge in [-0.1, -0.05) is 57.2 Å². The molecule has 0 saturated heterocycles. The molecule has 0 fully saturated rings. The lowest BCUT2D eigenvalue weighted by Gasteiger charge is -2.26. The molecule has 1 rings (SSSR count). The van der Waals surface area contributed by atoms with Gasteiger partial charge in [0, 0.05) is 6.08 Å². The number of hydrogen-bond acceptors (Lipinski definition) is 5. The molecule has 0 aromatic rings. The van der Waals surface area contributed by atoms with Gasteiger partial charge in [0.1, 0.15) is 11.4 Å². The van der Waals surface area contributed by atoms with Crippen LogP contribution in [0.2, 0.25) is 0 Å². The highest BCUT2D eigenvalue weighted by Gasteiger charge is 2.39. The fourth-order valence-corrected chi connectivity index (χ4v) is 3.76. The van der Waals surface area contributed by atoms with Crippen LogP contribution in [0.5, 0.6) is 0 Å². The molecule has 0 unspecified atom stereocenters. The van der Waals surface area contributed by atoms with Crippen molar-refractivity contribution < 1.29 is 19.1 Å². The van der Waals surface area contributed by atoms with Gasteiger partial charge in [0.25, 0.3) is 0 Å². The van der Waals surface area contributed by atoms with Gasteiger partial charge in [-0.2, -0.15) is 0 Å². The Labute approximate surface area is 150 Å². The maximum atomic E-state index is 11.8. The van der Waals surface area contributed by atoms with E-state index in [9.17, 15) is 9.59 Å². The Balaban J connectivity index is 2.44. The molecule has 4 nitrogen and oxygen atoms in total. The molecule has 0 aromatic heterocycles. The third-order valence-electron chi connectivity index (χ3n) is 3.87. The van der Waals surface area contributed by atoms with Gasteiger partial charge >= 0.3 is 5.97 Å². The van der Waals surface area contributed by atoms with Crippen molar-refractivity contribution in [2.24, 2.45) is 0 Å². The molecule has 24 heavy (non-hydrogen) atoms. The van der Waals surface area contributed by atoms with E-state index in [1.54, 1.807) is 0 Å². The van der Waals surface area contributed by atoms with Gasteiger partial charge in [-0.15, -0.1) is 0 Å². The molecule has 0 N–H and O–H groups in total. The van der Waals surface area contributed by atoms with Gasteiger partial charge in [-0.3, -0.25) is 4.79 Å². The zero-order valence-electron chi connectivity index (χ0n) is 15.8. The molecule has 0 radical (unpaired) electrons. The molecule has 0 saturated carbocycles. The third-order valence-corrected chi connectivity index (χ3v) is 5.04. The summed E-state index contributed by atoms with van der Waals surface area (Å²) in [6.45, 7) is 9.55. The van der Waals surface area contributed by atoms with Crippen molar-refractivity contribution in [3.63, 3.8) is 0 Å². The number of unbranched alkanes of at least 4 members (excludes halogenated alkanes) is 5. The number of ether oxygens (including phenoxy) is 2. The van der Waals surface area contributed by atoms with Gasteiger partial charge in [-0.25, -0.2) is 4.79 Å².